The number of benzene rings is 1. The molecule has 1 aromatic carbocycles. The number of amides is 1. The highest BCUT2D eigenvalue weighted by Crippen LogP contribution is 2.29. The van der Waals surface area contributed by atoms with E-state index in [0.717, 1.165) is 44.9 Å². The van der Waals surface area contributed by atoms with E-state index in [9.17, 15) is 18.0 Å². The Morgan fingerprint density at radius 1 is 1.00 bits per heavy atom. The summed E-state index contributed by atoms with van der Waals surface area (Å²) in [4.78, 5) is 27.0. The quantitative estimate of drug-likeness (QED) is 0.702. The Morgan fingerprint density at radius 2 is 1.75 bits per heavy atom. The van der Waals surface area contributed by atoms with Crippen LogP contribution >= 0.6 is 0 Å². The predicted octanol–water partition coefficient (Wildman–Crippen LogP) is 2.29. The van der Waals surface area contributed by atoms with Crippen LogP contribution < -0.4 is 0 Å². The highest BCUT2D eigenvalue weighted by Gasteiger charge is 2.39. The van der Waals surface area contributed by atoms with Gasteiger partial charge in [0.05, 0.1) is 17.1 Å². The smallest absolute Gasteiger partial charge is 0.338 e. The minimum atomic E-state index is -3.09. The summed E-state index contributed by atoms with van der Waals surface area (Å²) in [6.07, 6.45) is 7.47. The zero-order valence-corrected chi connectivity index (χ0v) is 16.9. The number of aryl methyl sites for hydroxylation is 2. The van der Waals surface area contributed by atoms with E-state index in [4.69, 9.17) is 4.74 Å². The van der Waals surface area contributed by atoms with E-state index in [-0.39, 0.29) is 36.1 Å². The molecule has 2 fully saturated rings. The number of ether oxygens (including phenoxy) is 1. The Balaban J connectivity index is 1.42. The van der Waals surface area contributed by atoms with Gasteiger partial charge in [0.25, 0.3) is 5.91 Å². The maximum absolute atomic E-state index is 12.9. The lowest BCUT2D eigenvalue weighted by molar-refractivity contribution is -0.139. The minimum absolute atomic E-state index is 0.0218. The predicted molar refractivity (Wildman–Crippen MR) is 105 cm³/mol. The van der Waals surface area contributed by atoms with Gasteiger partial charge in [-0.1, -0.05) is 18.9 Å². The SMILES string of the molecule is O=C(OCC(=O)N(C1CCCC1)C1CCS(=O)(=O)C1)c1ccc2c(c1)CCC2. The van der Waals surface area contributed by atoms with Gasteiger partial charge in [-0.3, -0.25) is 4.79 Å². The molecule has 1 aromatic rings. The summed E-state index contributed by atoms with van der Waals surface area (Å²) in [5.41, 5.74) is 2.94. The number of hydrogen-bond donors (Lipinski definition) is 0. The van der Waals surface area contributed by atoms with Gasteiger partial charge in [0, 0.05) is 12.1 Å². The molecule has 0 radical (unpaired) electrons. The second kappa shape index (κ2) is 7.85. The fourth-order valence-corrected chi connectivity index (χ4v) is 6.58. The first-order valence-corrected chi connectivity index (χ1v) is 12.1. The Hall–Kier alpha value is -1.89. The molecule has 1 unspecified atom stereocenters. The fourth-order valence-electron chi connectivity index (χ4n) is 4.87. The summed E-state index contributed by atoms with van der Waals surface area (Å²) in [6, 6.07) is 5.36. The summed E-state index contributed by atoms with van der Waals surface area (Å²) >= 11 is 0. The van der Waals surface area contributed by atoms with Gasteiger partial charge >= 0.3 is 5.97 Å². The number of carbonyl (C=O) groups excluding carboxylic acids is 2. The summed E-state index contributed by atoms with van der Waals surface area (Å²) in [5.74, 6) is -0.617. The molecule has 0 spiro atoms. The summed E-state index contributed by atoms with van der Waals surface area (Å²) in [5, 5.41) is 0. The van der Waals surface area contributed by atoms with Crippen LogP contribution in [0.2, 0.25) is 0 Å². The third kappa shape index (κ3) is 4.09. The molecule has 1 saturated carbocycles. The standard InChI is InChI=1S/C21H27NO5S/c23-20(13-27-21(24)17-9-8-15-4-3-5-16(15)12-17)22(18-6-1-2-7-18)19-10-11-28(25,26)14-19/h8-9,12,18-19H,1-7,10-11,13-14H2. The molecule has 0 bridgehead atoms. The average molecular weight is 406 g/mol. The van der Waals surface area contributed by atoms with Gasteiger partial charge in [0.15, 0.2) is 16.4 Å². The highest BCUT2D eigenvalue weighted by atomic mass is 32.2. The van der Waals surface area contributed by atoms with E-state index < -0.39 is 15.8 Å². The van der Waals surface area contributed by atoms with E-state index >= 15 is 0 Å². The first kappa shape index (κ1) is 19.4. The molecular formula is C21H27NO5S. The zero-order valence-electron chi connectivity index (χ0n) is 16.1. The topological polar surface area (TPSA) is 80.8 Å². The number of sulfone groups is 1. The Morgan fingerprint density at radius 3 is 2.46 bits per heavy atom. The lowest BCUT2D eigenvalue weighted by atomic mass is 10.1. The first-order valence-electron chi connectivity index (χ1n) is 10.2. The van der Waals surface area contributed by atoms with Gasteiger partial charge in [0.1, 0.15) is 0 Å². The van der Waals surface area contributed by atoms with Gasteiger partial charge < -0.3 is 9.64 Å². The second-order valence-electron chi connectivity index (χ2n) is 8.21. The van der Waals surface area contributed by atoms with Crippen LogP contribution in [-0.2, 0) is 32.2 Å². The number of rotatable bonds is 5. The largest absolute Gasteiger partial charge is 0.452 e. The number of hydrogen-bond acceptors (Lipinski definition) is 5. The van der Waals surface area contributed by atoms with Crippen molar-refractivity contribution >= 4 is 21.7 Å². The third-order valence-corrected chi connectivity index (χ3v) is 8.02. The van der Waals surface area contributed by atoms with Crippen LogP contribution in [-0.4, -0.2) is 55.4 Å². The van der Waals surface area contributed by atoms with Crippen LogP contribution in [0.15, 0.2) is 18.2 Å². The van der Waals surface area contributed by atoms with Gasteiger partial charge in [0.2, 0.25) is 0 Å². The average Bonchev–Trinajstić information content (AvgIpc) is 3.40. The van der Waals surface area contributed by atoms with Crippen molar-refractivity contribution in [3.05, 3.63) is 34.9 Å². The number of fused-ring (bicyclic) bond motifs is 1. The molecule has 2 aliphatic carbocycles. The Kier molecular flexibility index (Phi) is 5.45. The van der Waals surface area contributed by atoms with Crippen molar-refractivity contribution in [3.63, 3.8) is 0 Å². The van der Waals surface area contributed by atoms with Gasteiger partial charge in [-0.2, -0.15) is 0 Å². The maximum atomic E-state index is 12.9. The number of esters is 1. The summed E-state index contributed by atoms with van der Waals surface area (Å²) in [7, 11) is -3.09. The van der Waals surface area contributed by atoms with E-state index in [1.807, 2.05) is 12.1 Å². The molecule has 152 valence electrons. The molecule has 3 aliphatic rings. The monoisotopic (exact) mass is 405 g/mol. The lowest BCUT2D eigenvalue weighted by Crippen LogP contribution is -2.48. The molecule has 6 nitrogen and oxygen atoms in total. The maximum Gasteiger partial charge on any atom is 0.338 e. The van der Waals surface area contributed by atoms with Crippen LogP contribution in [0.4, 0.5) is 0 Å². The van der Waals surface area contributed by atoms with E-state index in [0.29, 0.717) is 12.0 Å². The molecular weight excluding hydrogens is 378 g/mol. The van der Waals surface area contributed by atoms with E-state index in [1.165, 1.54) is 11.1 Å². The Bertz CT molecular complexity index is 873. The van der Waals surface area contributed by atoms with E-state index in [1.54, 1.807) is 11.0 Å². The van der Waals surface area contributed by atoms with Gasteiger partial charge in [-0.15, -0.1) is 0 Å². The molecule has 1 saturated heterocycles. The second-order valence-corrected chi connectivity index (χ2v) is 10.4. The molecule has 1 aliphatic heterocycles. The van der Waals surface area contributed by atoms with Crippen LogP contribution in [0, 0.1) is 0 Å². The van der Waals surface area contributed by atoms with E-state index in [2.05, 4.69) is 0 Å². The molecule has 4 rings (SSSR count). The van der Waals surface area contributed by atoms with Crippen LogP contribution in [0.25, 0.3) is 0 Å². The summed E-state index contributed by atoms with van der Waals surface area (Å²) in [6.45, 7) is -0.330. The molecule has 28 heavy (non-hydrogen) atoms. The molecule has 1 heterocycles. The number of carbonyl (C=O) groups is 2. The molecule has 0 N–H and O–H groups in total. The number of nitrogens with zero attached hydrogens (tertiary/aromatic N) is 1. The van der Waals surface area contributed by atoms with Gasteiger partial charge in [-0.25, -0.2) is 13.2 Å². The third-order valence-electron chi connectivity index (χ3n) is 6.27. The van der Waals surface area contributed by atoms with Crippen molar-refractivity contribution < 1.29 is 22.7 Å². The normalized spacial score (nSPS) is 23.5. The molecule has 1 atom stereocenters. The molecule has 0 aromatic heterocycles. The minimum Gasteiger partial charge on any atom is -0.452 e. The van der Waals surface area contributed by atoms with Crippen LogP contribution in [0.3, 0.4) is 0 Å². The zero-order chi connectivity index (χ0) is 19.7. The van der Waals surface area contributed by atoms with Crippen LogP contribution in [0.5, 0.6) is 0 Å². The fraction of sp³-hybridized carbons (Fsp3) is 0.619. The van der Waals surface area contributed by atoms with Crippen molar-refractivity contribution in [1.29, 1.82) is 0 Å². The van der Waals surface area contributed by atoms with Crippen LogP contribution in [0.1, 0.15) is 60.0 Å². The van der Waals surface area contributed by atoms with Gasteiger partial charge in [-0.05, 0) is 61.8 Å². The lowest BCUT2D eigenvalue weighted by Gasteiger charge is -2.33. The Labute approximate surface area is 166 Å². The highest BCUT2D eigenvalue weighted by molar-refractivity contribution is 7.91. The van der Waals surface area contributed by atoms with Crippen molar-refractivity contribution in [2.75, 3.05) is 18.1 Å². The summed E-state index contributed by atoms with van der Waals surface area (Å²) < 4.78 is 29.1. The van der Waals surface area contributed by atoms with Crippen molar-refractivity contribution in [2.45, 2.75) is 63.5 Å². The van der Waals surface area contributed by atoms with Crippen molar-refractivity contribution in [1.82, 2.24) is 4.90 Å². The van der Waals surface area contributed by atoms with Crippen molar-refractivity contribution in [3.8, 4) is 0 Å². The molecule has 1 amide bonds. The van der Waals surface area contributed by atoms with Crippen molar-refractivity contribution in [2.24, 2.45) is 0 Å². The molecule has 7 heteroatoms. The first-order chi connectivity index (χ1) is 13.4.